The van der Waals surface area contributed by atoms with Gasteiger partial charge in [0.2, 0.25) is 0 Å². The quantitative estimate of drug-likeness (QED) is 0.843. The summed E-state index contributed by atoms with van der Waals surface area (Å²) in [5.74, 6) is 1.03. The lowest BCUT2D eigenvalue weighted by atomic mass is 9.99. The van der Waals surface area contributed by atoms with Gasteiger partial charge in [-0.15, -0.1) is 0 Å². The molecule has 2 rings (SSSR count). The highest BCUT2D eigenvalue weighted by Crippen LogP contribution is 2.25. The molecule has 1 aliphatic heterocycles. The third kappa shape index (κ3) is 2.38. The molecule has 1 heterocycles. The van der Waals surface area contributed by atoms with Gasteiger partial charge in [-0.25, -0.2) is 0 Å². The Kier molecular flexibility index (Phi) is 3.49. The van der Waals surface area contributed by atoms with Gasteiger partial charge in [0.1, 0.15) is 5.75 Å². The van der Waals surface area contributed by atoms with Gasteiger partial charge in [0.25, 0.3) is 0 Å². The average Bonchev–Trinajstić information content (AvgIpc) is 2.70. The third-order valence-electron chi connectivity index (χ3n) is 3.37. The van der Waals surface area contributed by atoms with Crippen molar-refractivity contribution in [1.29, 1.82) is 0 Å². The van der Waals surface area contributed by atoms with Gasteiger partial charge in [-0.2, -0.15) is 0 Å². The van der Waals surface area contributed by atoms with Crippen molar-refractivity contribution in [3.63, 3.8) is 0 Å². The van der Waals surface area contributed by atoms with E-state index in [4.69, 9.17) is 4.74 Å². The molecule has 1 unspecified atom stereocenters. The molecule has 0 amide bonds. The summed E-state index contributed by atoms with van der Waals surface area (Å²) in [5, 5.41) is 3.54. The Morgan fingerprint density at radius 3 is 2.50 bits per heavy atom. The average molecular weight is 219 g/mol. The van der Waals surface area contributed by atoms with E-state index < -0.39 is 0 Å². The van der Waals surface area contributed by atoms with Crippen molar-refractivity contribution in [1.82, 2.24) is 5.32 Å². The van der Waals surface area contributed by atoms with Crippen molar-refractivity contribution in [3.8, 4) is 5.75 Å². The lowest BCUT2D eigenvalue weighted by Crippen LogP contribution is -2.23. The molecule has 0 bridgehead atoms. The van der Waals surface area contributed by atoms with Crippen LogP contribution in [0.1, 0.15) is 29.5 Å². The van der Waals surface area contributed by atoms with E-state index >= 15 is 0 Å². The molecule has 0 radical (unpaired) electrons. The lowest BCUT2D eigenvalue weighted by Gasteiger charge is -2.14. The molecular weight excluding hydrogens is 198 g/mol. The monoisotopic (exact) mass is 219 g/mol. The van der Waals surface area contributed by atoms with Crippen molar-refractivity contribution in [2.24, 2.45) is 0 Å². The molecule has 88 valence electrons. The first kappa shape index (κ1) is 11.5. The molecule has 2 nitrogen and oxygen atoms in total. The fourth-order valence-corrected chi connectivity index (χ4v) is 2.70. The van der Waals surface area contributed by atoms with Crippen LogP contribution in [0.15, 0.2) is 12.1 Å². The number of hydrogen-bond donors (Lipinski definition) is 1. The van der Waals surface area contributed by atoms with Crippen LogP contribution in [0.5, 0.6) is 5.75 Å². The molecule has 0 aliphatic carbocycles. The number of benzene rings is 1. The van der Waals surface area contributed by atoms with E-state index in [2.05, 4.69) is 31.3 Å². The first-order chi connectivity index (χ1) is 7.70. The van der Waals surface area contributed by atoms with Gasteiger partial charge in [0, 0.05) is 6.04 Å². The molecule has 0 aromatic heterocycles. The molecule has 1 aromatic rings. The summed E-state index contributed by atoms with van der Waals surface area (Å²) in [6, 6.07) is 5.18. The zero-order chi connectivity index (χ0) is 11.5. The van der Waals surface area contributed by atoms with Gasteiger partial charge < -0.3 is 10.1 Å². The number of rotatable bonds is 3. The maximum atomic E-state index is 5.39. The third-order valence-corrected chi connectivity index (χ3v) is 3.37. The van der Waals surface area contributed by atoms with Crippen molar-refractivity contribution >= 4 is 0 Å². The Bertz CT molecular complexity index is 344. The fraction of sp³-hybridized carbons (Fsp3) is 0.571. The van der Waals surface area contributed by atoms with Crippen molar-refractivity contribution < 1.29 is 4.74 Å². The Morgan fingerprint density at radius 2 is 2.00 bits per heavy atom. The topological polar surface area (TPSA) is 21.3 Å². The van der Waals surface area contributed by atoms with Crippen LogP contribution in [0.2, 0.25) is 0 Å². The second-order valence-electron chi connectivity index (χ2n) is 4.76. The van der Waals surface area contributed by atoms with Crippen molar-refractivity contribution in [3.05, 3.63) is 28.8 Å². The van der Waals surface area contributed by atoms with Crippen LogP contribution in [-0.2, 0) is 6.42 Å². The molecule has 0 spiro atoms. The number of aryl methyl sites for hydroxylation is 2. The molecule has 1 saturated heterocycles. The molecule has 1 N–H and O–H groups in total. The molecule has 1 aromatic carbocycles. The van der Waals surface area contributed by atoms with Crippen LogP contribution in [-0.4, -0.2) is 19.7 Å². The van der Waals surface area contributed by atoms with E-state index in [0.29, 0.717) is 6.04 Å². The first-order valence-electron chi connectivity index (χ1n) is 6.08. The summed E-state index contributed by atoms with van der Waals surface area (Å²) in [7, 11) is 1.74. The van der Waals surface area contributed by atoms with Crippen LogP contribution in [0, 0.1) is 13.8 Å². The highest BCUT2D eigenvalue weighted by Gasteiger charge is 2.15. The molecule has 16 heavy (non-hydrogen) atoms. The highest BCUT2D eigenvalue weighted by atomic mass is 16.5. The van der Waals surface area contributed by atoms with E-state index in [1.54, 1.807) is 7.11 Å². The summed E-state index contributed by atoms with van der Waals surface area (Å²) in [6.07, 6.45) is 3.77. The molecule has 1 atom stereocenters. The minimum absolute atomic E-state index is 0.673. The van der Waals surface area contributed by atoms with E-state index in [1.165, 1.54) is 36.1 Å². The smallest absolute Gasteiger partial charge is 0.124 e. The second-order valence-corrected chi connectivity index (χ2v) is 4.76. The SMILES string of the molecule is COc1c(C)cc(CC2CCCN2)cc1C. The summed E-state index contributed by atoms with van der Waals surface area (Å²) >= 11 is 0. The van der Waals surface area contributed by atoms with Crippen LogP contribution in [0.4, 0.5) is 0 Å². The summed E-state index contributed by atoms with van der Waals surface area (Å²) in [6.45, 7) is 5.42. The van der Waals surface area contributed by atoms with Gasteiger partial charge in [-0.3, -0.25) is 0 Å². The zero-order valence-corrected chi connectivity index (χ0v) is 10.5. The van der Waals surface area contributed by atoms with Crippen molar-refractivity contribution in [2.45, 2.75) is 39.2 Å². The first-order valence-corrected chi connectivity index (χ1v) is 6.08. The van der Waals surface area contributed by atoms with Gasteiger partial charge in [-0.1, -0.05) is 12.1 Å². The summed E-state index contributed by atoms with van der Waals surface area (Å²) in [4.78, 5) is 0. The Morgan fingerprint density at radius 1 is 1.31 bits per heavy atom. The maximum Gasteiger partial charge on any atom is 0.124 e. The van der Waals surface area contributed by atoms with Crippen LogP contribution in [0.25, 0.3) is 0 Å². The molecule has 1 aliphatic rings. The van der Waals surface area contributed by atoms with E-state index in [-0.39, 0.29) is 0 Å². The molecule has 0 saturated carbocycles. The van der Waals surface area contributed by atoms with E-state index in [1.807, 2.05) is 0 Å². The molecule has 1 fully saturated rings. The van der Waals surface area contributed by atoms with Gasteiger partial charge in [0.15, 0.2) is 0 Å². The second kappa shape index (κ2) is 4.88. The number of methoxy groups -OCH3 is 1. The van der Waals surface area contributed by atoms with Gasteiger partial charge in [0.05, 0.1) is 7.11 Å². The maximum absolute atomic E-state index is 5.39. The predicted octanol–water partition coefficient (Wildman–Crippen LogP) is 2.61. The van der Waals surface area contributed by atoms with Crippen LogP contribution < -0.4 is 10.1 Å². The normalized spacial score (nSPS) is 20.1. The van der Waals surface area contributed by atoms with Crippen molar-refractivity contribution in [2.75, 3.05) is 13.7 Å². The molecular formula is C14H21NO. The number of hydrogen-bond acceptors (Lipinski definition) is 2. The minimum atomic E-state index is 0.673. The number of nitrogens with one attached hydrogen (secondary N) is 1. The van der Waals surface area contributed by atoms with Crippen LogP contribution in [0.3, 0.4) is 0 Å². The summed E-state index contributed by atoms with van der Waals surface area (Å²) < 4.78 is 5.39. The van der Waals surface area contributed by atoms with E-state index in [9.17, 15) is 0 Å². The fourth-order valence-electron chi connectivity index (χ4n) is 2.70. The van der Waals surface area contributed by atoms with Gasteiger partial charge in [-0.05, 0) is 56.3 Å². The summed E-state index contributed by atoms with van der Waals surface area (Å²) in [5.41, 5.74) is 3.92. The molecule has 2 heteroatoms. The Balaban J connectivity index is 2.15. The number of ether oxygens (including phenoxy) is 1. The highest BCUT2D eigenvalue weighted by molar-refractivity contribution is 5.43. The minimum Gasteiger partial charge on any atom is -0.496 e. The largest absolute Gasteiger partial charge is 0.496 e. The lowest BCUT2D eigenvalue weighted by molar-refractivity contribution is 0.408. The van der Waals surface area contributed by atoms with Gasteiger partial charge >= 0.3 is 0 Å². The van der Waals surface area contributed by atoms with Crippen LogP contribution >= 0.6 is 0 Å². The van der Waals surface area contributed by atoms with E-state index in [0.717, 1.165) is 12.2 Å². The standard InChI is InChI=1S/C14H21NO/c1-10-7-12(8-11(2)14(10)16-3)9-13-5-4-6-15-13/h7-8,13,15H,4-6,9H2,1-3H3. The zero-order valence-electron chi connectivity index (χ0n) is 10.5. The predicted molar refractivity (Wildman–Crippen MR) is 67.2 cm³/mol. The Labute approximate surface area is 98.0 Å². The Hall–Kier alpha value is -1.02.